The lowest BCUT2D eigenvalue weighted by molar-refractivity contribution is 0.0933. The molecule has 3 rings (SSSR count). The van der Waals surface area contributed by atoms with Gasteiger partial charge in [0.1, 0.15) is 0 Å². The number of hydrogen-bond acceptors (Lipinski definition) is 3. The zero-order valence-electron chi connectivity index (χ0n) is 14.5. The Balaban J connectivity index is 1.79. The third kappa shape index (κ3) is 4.17. The first-order valence-corrected chi connectivity index (χ1v) is 8.77. The van der Waals surface area contributed by atoms with Crippen molar-refractivity contribution in [1.29, 1.82) is 0 Å². The molecular weight excluding hydrogens is 316 g/mol. The summed E-state index contributed by atoms with van der Waals surface area (Å²) in [5.41, 5.74) is 2.89. The Morgan fingerprint density at radius 3 is 2.92 bits per heavy atom. The normalized spacial score (nSPS) is 16.8. The molecule has 5 heteroatoms. The van der Waals surface area contributed by atoms with Crippen molar-refractivity contribution in [3.8, 4) is 0 Å². The molecule has 0 spiro atoms. The van der Waals surface area contributed by atoms with Crippen LogP contribution in [-0.2, 0) is 17.7 Å². The fraction of sp³-hybridized carbons (Fsp3) is 0.400. The second-order valence-corrected chi connectivity index (χ2v) is 6.41. The number of aromatic nitrogens is 1. The lowest BCUT2D eigenvalue weighted by atomic mass is 9.99. The van der Waals surface area contributed by atoms with Gasteiger partial charge in [-0.3, -0.25) is 9.59 Å². The largest absolute Gasteiger partial charge is 0.383 e. The Kier molecular flexibility index (Phi) is 5.66. The molecule has 1 atom stereocenters. The highest BCUT2D eigenvalue weighted by Crippen LogP contribution is 2.28. The summed E-state index contributed by atoms with van der Waals surface area (Å²) in [4.78, 5) is 24.6. The van der Waals surface area contributed by atoms with Crippen molar-refractivity contribution >= 4 is 5.91 Å². The SMILES string of the molecule is COCCn1cc(C(=O)N[C@H]2CCCCc3ccccc32)ccc1=O. The van der Waals surface area contributed by atoms with Gasteiger partial charge in [0.15, 0.2) is 0 Å². The Bertz CT molecular complexity index is 798. The van der Waals surface area contributed by atoms with E-state index in [1.54, 1.807) is 19.4 Å². The van der Waals surface area contributed by atoms with E-state index < -0.39 is 0 Å². The van der Waals surface area contributed by atoms with E-state index in [0.717, 1.165) is 25.7 Å². The average Bonchev–Trinajstić information content (AvgIpc) is 2.83. The molecule has 1 aliphatic rings. The molecule has 0 saturated carbocycles. The monoisotopic (exact) mass is 340 g/mol. The van der Waals surface area contributed by atoms with Gasteiger partial charge in [-0.25, -0.2) is 0 Å². The summed E-state index contributed by atoms with van der Waals surface area (Å²) in [5, 5.41) is 3.15. The lowest BCUT2D eigenvalue weighted by Gasteiger charge is -2.19. The molecular formula is C20H24N2O3. The molecule has 0 aliphatic heterocycles. The zero-order chi connectivity index (χ0) is 17.6. The average molecular weight is 340 g/mol. The Morgan fingerprint density at radius 1 is 1.24 bits per heavy atom. The van der Waals surface area contributed by atoms with Crippen LogP contribution in [0.25, 0.3) is 0 Å². The molecule has 132 valence electrons. The Morgan fingerprint density at radius 2 is 2.08 bits per heavy atom. The summed E-state index contributed by atoms with van der Waals surface area (Å²) in [7, 11) is 1.59. The number of rotatable bonds is 5. The van der Waals surface area contributed by atoms with Crippen LogP contribution >= 0.6 is 0 Å². The molecule has 0 radical (unpaired) electrons. The summed E-state index contributed by atoms with van der Waals surface area (Å²) in [5.74, 6) is -0.145. The van der Waals surface area contributed by atoms with E-state index >= 15 is 0 Å². The summed E-state index contributed by atoms with van der Waals surface area (Å²) in [6.07, 6.45) is 5.84. The minimum atomic E-state index is -0.145. The third-order valence-corrected chi connectivity index (χ3v) is 4.71. The predicted octanol–water partition coefficient (Wildman–Crippen LogP) is 2.69. The van der Waals surface area contributed by atoms with E-state index in [9.17, 15) is 9.59 Å². The first-order valence-electron chi connectivity index (χ1n) is 8.77. The van der Waals surface area contributed by atoms with Crippen LogP contribution in [0.2, 0.25) is 0 Å². The molecule has 0 saturated heterocycles. The van der Waals surface area contributed by atoms with Crippen LogP contribution in [0.1, 0.15) is 46.8 Å². The minimum Gasteiger partial charge on any atom is -0.383 e. The van der Waals surface area contributed by atoms with Gasteiger partial charge < -0.3 is 14.6 Å². The van der Waals surface area contributed by atoms with Gasteiger partial charge in [-0.15, -0.1) is 0 Å². The lowest BCUT2D eigenvalue weighted by Crippen LogP contribution is -2.30. The van der Waals surface area contributed by atoms with E-state index in [4.69, 9.17) is 4.74 Å². The number of ether oxygens (including phenoxy) is 1. The number of hydrogen-bond donors (Lipinski definition) is 1. The summed E-state index contributed by atoms with van der Waals surface area (Å²) in [6.45, 7) is 0.865. The minimum absolute atomic E-state index is 0.0190. The fourth-order valence-electron chi connectivity index (χ4n) is 3.34. The molecule has 0 fully saturated rings. The standard InChI is InChI=1S/C20H24N2O3/c1-25-13-12-22-14-16(10-11-19(22)23)20(24)21-18-9-5-3-7-15-6-2-4-8-17(15)18/h2,4,6,8,10-11,14,18H,3,5,7,9,12-13H2,1H3,(H,21,24)/t18-/m0/s1. The van der Waals surface area contributed by atoms with Gasteiger partial charge in [-0.2, -0.15) is 0 Å². The first-order chi connectivity index (χ1) is 12.2. The van der Waals surface area contributed by atoms with Gasteiger partial charge in [-0.1, -0.05) is 30.7 Å². The molecule has 1 aromatic carbocycles. The molecule has 5 nitrogen and oxygen atoms in total. The highest BCUT2D eigenvalue weighted by atomic mass is 16.5. The predicted molar refractivity (Wildman–Crippen MR) is 96.8 cm³/mol. The van der Waals surface area contributed by atoms with E-state index in [-0.39, 0.29) is 17.5 Å². The third-order valence-electron chi connectivity index (χ3n) is 4.71. The summed E-state index contributed by atoms with van der Waals surface area (Å²) < 4.78 is 6.53. The number of methoxy groups -OCH3 is 1. The van der Waals surface area contributed by atoms with Crippen LogP contribution in [0.4, 0.5) is 0 Å². The quantitative estimate of drug-likeness (QED) is 0.852. The zero-order valence-corrected chi connectivity index (χ0v) is 14.5. The van der Waals surface area contributed by atoms with Crippen molar-refractivity contribution in [1.82, 2.24) is 9.88 Å². The molecule has 25 heavy (non-hydrogen) atoms. The van der Waals surface area contributed by atoms with Crippen LogP contribution in [0.5, 0.6) is 0 Å². The molecule has 0 unspecified atom stereocenters. The first kappa shape index (κ1) is 17.4. The van der Waals surface area contributed by atoms with Crippen molar-refractivity contribution in [2.75, 3.05) is 13.7 Å². The number of amides is 1. The van der Waals surface area contributed by atoms with Gasteiger partial charge in [-0.05, 0) is 36.5 Å². The van der Waals surface area contributed by atoms with Crippen molar-refractivity contribution in [3.63, 3.8) is 0 Å². The number of nitrogens with zero attached hydrogens (tertiary/aromatic N) is 1. The van der Waals surface area contributed by atoms with Gasteiger partial charge >= 0.3 is 0 Å². The molecule has 0 bridgehead atoms. The Hall–Kier alpha value is -2.40. The van der Waals surface area contributed by atoms with Crippen molar-refractivity contribution in [3.05, 3.63) is 69.6 Å². The molecule has 2 aromatic rings. The highest BCUT2D eigenvalue weighted by Gasteiger charge is 2.21. The van der Waals surface area contributed by atoms with E-state index in [1.807, 2.05) is 6.07 Å². The smallest absolute Gasteiger partial charge is 0.253 e. The fourth-order valence-corrected chi connectivity index (χ4v) is 3.34. The highest BCUT2D eigenvalue weighted by molar-refractivity contribution is 5.94. The van der Waals surface area contributed by atoms with Crippen LogP contribution in [0, 0.1) is 0 Å². The number of benzene rings is 1. The molecule has 1 aromatic heterocycles. The second kappa shape index (κ2) is 8.12. The van der Waals surface area contributed by atoms with E-state index in [2.05, 4.69) is 23.5 Å². The van der Waals surface area contributed by atoms with Gasteiger partial charge in [0.2, 0.25) is 0 Å². The van der Waals surface area contributed by atoms with Crippen molar-refractivity contribution in [2.45, 2.75) is 38.3 Å². The van der Waals surface area contributed by atoms with Crippen LogP contribution < -0.4 is 10.9 Å². The van der Waals surface area contributed by atoms with E-state index in [1.165, 1.54) is 21.8 Å². The number of carbonyl (C=O) groups excluding carboxylic acids is 1. The van der Waals surface area contributed by atoms with Gasteiger partial charge in [0, 0.05) is 25.9 Å². The number of nitrogens with one attached hydrogen (secondary N) is 1. The second-order valence-electron chi connectivity index (χ2n) is 6.41. The van der Waals surface area contributed by atoms with E-state index in [0.29, 0.717) is 18.7 Å². The maximum atomic E-state index is 12.7. The van der Waals surface area contributed by atoms with Gasteiger partial charge in [0.25, 0.3) is 11.5 Å². The number of pyridine rings is 1. The van der Waals surface area contributed by atoms with Crippen molar-refractivity contribution in [2.24, 2.45) is 0 Å². The van der Waals surface area contributed by atoms with Crippen LogP contribution in [0.3, 0.4) is 0 Å². The number of fused-ring (bicyclic) bond motifs is 1. The molecule has 1 heterocycles. The summed E-state index contributed by atoms with van der Waals surface area (Å²) in [6, 6.07) is 11.4. The topological polar surface area (TPSA) is 60.3 Å². The number of carbonyl (C=O) groups is 1. The summed E-state index contributed by atoms with van der Waals surface area (Å²) >= 11 is 0. The van der Waals surface area contributed by atoms with Gasteiger partial charge in [0.05, 0.1) is 18.2 Å². The maximum absolute atomic E-state index is 12.7. The molecule has 1 aliphatic carbocycles. The maximum Gasteiger partial charge on any atom is 0.253 e. The number of aryl methyl sites for hydroxylation is 1. The Labute approximate surface area is 147 Å². The molecule has 1 amide bonds. The molecule has 1 N–H and O–H groups in total. The van der Waals surface area contributed by atoms with Crippen LogP contribution in [0.15, 0.2) is 47.4 Å². The van der Waals surface area contributed by atoms with Crippen molar-refractivity contribution < 1.29 is 9.53 Å². The van der Waals surface area contributed by atoms with Crippen LogP contribution in [-0.4, -0.2) is 24.2 Å².